The summed E-state index contributed by atoms with van der Waals surface area (Å²) in [5.41, 5.74) is 1.24. The maximum absolute atomic E-state index is 12.0. The van der Waals surface area contributed by atoms with Gasteiger partial charge in [-0.05, 0) is 25.1 Å². The van der Waals surface area contributed by atoms with Crippen LogP contribution in [0.5, 0.6) is 0 Å². The average molecular weight is 317 g/mol. The van der Waals surface area contributed by atoms with Crippen molar-refractivity contribution >= 4 is 11.3 Å². The lowest BCUT2D eigenvalue weighted by Crippen LogP contribution is -2.22. The highest BCUT2D eigenvalue weighted by atomic mass is 32.1. The van der Waals surface area contributed by atoms with Crippen LogP contribution in [0.25, 0.3) is 10.6 Å². The van der Waals surface area contributed by atoms with Gasteiger partial charge in [0.15, 0.2) is 5.76 Å². The van der Waals surface area contributed by atoms with Gasteiger partial charge in [-0.2, -0.15) is 5.10 Å². The van der Waals surface area contributed by atoms with Crippen molar-refractivity contribution in [2.45, 2.75) is 20.1 Å². The molecule has 22 heavy (non-hydrogen) atoms. The summed E-state index contributed by atoms with van der Waals surface area (Å²) < 4.78 is 11.5. The van der Waals surface area contributed by atoms with Gasteiger partial charge in [0, 0.05) is 24.1 Å². The Labute approximate surface area is 131 Å². The Morgan fingerprint density at radius 3 is 2.91 bits per heavy atom. The van der Waals surface area contributed by atoms with Gasteiger partial charge < -0.3 is 9.26 Å². The van der Waals surface area contributed by atoms with Crippen molar-refractivity contribution in [2.24, 2.45) is 0 Å². The molecule has 0 aliphatic heterocycles. The molecule has 0 radical (unpaired) electrons. The van der Waals surface area contributed by atoms with Crippen molar-refractivity contribution < 1.29 is 9.26 Å². The molecule has 0 amide bonds. The van der Waals surface area contributed by atoms with E-state index in [-0.39, 0.29) is 12.1 Å². The van der Waals surface area contributed by atoms with E-state index >= 15 is 0 Å². The average Bonchev–Trinajstić information content (AvgIpc) is 3.11. The zero-order valence-electron chi connectivity index (χ0n) is 12.3. The van der Waals surface area contributed by atoms with E-state index in [2.05, 4.69) is 10.3 Å². The van der Waals surface area contributed by atoms with Crippen LogP contribution in [-0.2, 0) is 17.9 Å². The van der Waals surface area contributed by atoms with Gasteiger partial charge in [0.05, 0.1) is 11.4 Å². The third-order valence-electron chi connectivity index (χ3n) is 3.07. The van der Waals surface area contributed by atoms with Crippen LogP contribution in [0.15, 0.2) is 39.6 Å². The zero-order chi connectivity index (χ0) is 15.5. The van der Waals surface area contributed by atoms with E-state index in [9.17, 15) is 4.79 Å². The number of aromatic nitrogens is 3. The summed E-state index contributed by atoms with van der Waals surface area (Å²) in [6.45, 7) is 2.66. The lowest BCUT2D eigenvalue weighted by Gasteiger charge is -2.03. The molecular weight excluding hydrogens is 302 g/mol. The molecule has 3 aromatic rings. The lowest BCUT2D eigenvalue weighted by atomic mass is 10.3. The molecule has 0 saturated heterocycles. The Morgan fingerprint density at radius 1 is 1.32 bits per heavy atom. The number of methoxy groups -OCH3 is 1. The monoisotopic (exact) mass is 317 g/mol. The first kappa shape index (κ1) is 14.7. The molecule has 0 aliphatic rings. The van der Waals surface area contributed by atoms with Crippen LogP contribution in [0.3, 0.4) is 0 Å². The Hall–Kier alpha value is -2.25. The van der Waals surface area contributed by atoms with Gasteiger partial charge in [0.25, 0.3) is 5.56 Å². The first-order chi connectivity index (χ1) is 10.7. The van der Waals surface area contributed by atoms with Gasteiger partial charge in [-0.25, -0.2) is 4.68 Å². The van der Waals surface area contributed by atoms with Crippen molar-refractivity contribution in [3.05, 3.63) is 57.0 Å². The summed E-state index contributed by atoms with van der Waals surface area (Å²) in [4.78, 5) is 14.2. The van der Waals surface area contributed by atoms with Gasteiger partial charge in [0.2, 0.25) is 0 Å². The standard InChI is InChI=1S/C15H15N3O3S/c1-10-3-5-14(22-10)13-4-6-15(19)18(16-13)8-11-7-12(9-20-2)21-17-11/h3-7H,8-9H2,1-2H3. The van der Waals surface area contributed by atoms with Crippen molar-refractivity contribution in [1.82, 2.24) is 14.9 Å². The normalized spacial score (nSPS) is 11.0. The summed E-state index contributed by atoms with van der Waals surface area (Å²) in [5, 5.41) is 8.33. The molecule has 3 heterocycles. The topological polar surface area (TPSA) is 70.2 Å². The third-order valence-corrected chi connectivity index (χ3v) is 4.09. The van der Waals surface area contributed by atoms with Crippen LogP contribution in [0, 0.1) is 6.92 Å². The molecule has 3 aromatic heterocycles. The lowest BCUT2D eigenvalue weighted by molar-refractivity contribution is 0.155. The second-order valence-electron chi connectivity index (χ2n) is 4.84. The predicted octanol–water partition coefficient (Wildman–Crippen LogP) is 2.46. The third kappa shape index (κ3) is 3.15. The molecule has 0 atom stereocenters. The highest BCUT2D eigenvalue weighted by molar-refractivity contribution is 7.15. The fourth-order valence-electron chi connectivity index (χ4n) is 2.06. The number of rotatable bonds is 5. The number of nitrogens with zero attached hydrogens (tertiary/aromatic N) is 3. The number of aryl methyl sites for hydroxylation is 1. The molecule has 0 aromatic carbocycles. The summed E-state index contributed by atoms with van der Waals surface area (Å²) in [5.74, 6) is 0.621. The molecule has 0 unspecified atom stereocenters. The van der Waals surface area contributed by atoms with Crippen molar-refractivity contribution in [1.29, 1.82) is 0 Å². The van der Waals surface area contributed by atoms with Crippen LogP contribution in [0.2, 0.25) is 0 Å². The summed E-state index contributed by atoms with van der Waals surface area (Å²) in [6, 6.07) is 9.06. The number of hydrogen-bond donors (Lipinski definition) is 0. The molecular formula is C15H15N3O3S. The quantitative estimate of drug-likeness (QED) is 0.723. The predicted molar refractivity (Wildman–Crippen MR) is 82.9 cm³/mol. The highest BCUT2D eigenvalue weighted by Gasteiger charge is 2.09. The molecule has 0 bridgehead atoms. The Kier molecular flexibility index (Phi) is 4.17. The van der Waals surface area contributed by atoms with E-state index < -0.39 is 0 Å². The van der Waals surface area contributed by atoms with Crippen LogP contribution < -0.4 is 5.56 Å². The van der Waals surface area contributed by atoms with Gasteiger partial charge in [-0.1, -0.05) is 5.16 Å². The van der Waals surface area contributed by atoms with Crippen LogP contribution >= 0.6 is 11.3 Å². The minimum Gasteiger partial charge on any atom is -0.377 e. The molecule has 7 heteroatoms. The Balaban J connectivity index is 1.87. The summed E-state index contributed by atoms with van der Waals surface area (Å²) in [6.07, 6.45) is 0. The van der Waals surface area contributed by atoms with E-state index in [1.807, 2.05) is 19.1 Å². The van der Waals surface area contributed by atoms with E-state index in [0.29, 0.717) is 18.1 Å². The number of hydrogen-bond acceptors (Lipinski definition) is 6. The molecule has 0 aliphatic carbocycles. The van der Waals surface area contributed by atoms with E-state index in [0.717, 1.165) is 10.6 Å². The minimum atomic E-state index is -0.173. The molecule has 0 saturated carbocycles. The number of thiophene rings is 1. The smallest absolute Gasteiger partial charge is 0.267 e. The summed E-state index contributed by atoms with van der Waals surface area (Å²) >= 11 is 1.64. The van der Waals surface area contributed by atoms with Gasteiger partial charge >= 0.3 is 0 Å². The maximum atomic E-state index is 12.0. The molecule has 0 N–H and O–H groups in total. The fourth-order valence-corrected chi connectivity index (χ4v) is 2.89. The minimum absolute atomic E-state index is 0.173. The highest BCUT2D eigenvalue weighted by Crippen LogP contribution is 2.25. The summed E-state index contributed by atoms with van der Waals surface area (Å²) in [7, 11) is 1.58. The number of ether oxygens (including phenoxy) is 1. The first-order valence-electron chi connectivity index (χ1n) is 6.74. The molecule has 114 valence electrons. The van der Waals surface area contributed by atoms with Crippen molar-refractivity contribution in [3.8, 4) is 10.6 Å². The van der Waals surface area contributed by atoms with E-state index in [1.165, 1.54) is 15.6 Å². The van der Waals surface area contributed by atoms with Gasteiger partial charge in [-0.3, -0.25) is 4.79 Å². The SMILES string of the molecule is COCc1cc(Cn2nc(-c3ccc(C)s3)ccc2=O)no1. The molecule has 0 spiro atoms. The fraction of sp³-hybridized carbons (Fsp3) is 0.267. The van der Waals surface area contributed by atoms with Crippen molar-refractivity contribution in [2.75, 3.05) is 7.11 Å². The molecule has 6 nitrogen and oxygen atoms in total. The molecule has 3 rings (SSSR count). The van der Waals surface area contributed by atoms with E-state index in [1.54, 1.807) is 30.6 Å². The Morgan fingerprint density at radius 2 is 2.18 bits per heavy atom. The van der Waals surface area contributed by atoms with E-state index in [4.69, 9.17) is 9.26 Å². The van der Waals surface area contributed by atoms with Crippen molar-refractivity contribution in [3.63, 3.8) is 0 Å². The van der Waals surface area contributed by atoms with Crippen LogP contribution in [0.1, 0.15) is 16.3 Å². The second kappa shape index (κ2) is 6.25. The molecule has 0 fully saturated rings. The zero-order valence-corrected chi connectivity index (χ0v) is 13.1. The van der Waals surface area contributed by atoms with Gasteiger partial charge in [0.1, 0.15) is 18.0 Å². The Bertz CT molecular complexity index is 834. The second-order valence-corrected chi connectivity index (χ2v) is 6.13. The van der Waals surface area contributed by atoms with Crippen LogP contribution in [-0.4, -0.2) is 22.0 Å². The van der Waals surface area contributed by atoms with Gasteiger partial charge in [-0.15, -0.1) is 11.3 Å². The van der Waals surface area contributed by atoms with Crippen LogP contribution in [0.4, 0.5) is 0 Å². The first-order valence-corrected chi connectivity index (χ1v) is 7.56. The largest absolute Gasteiger partial charge is 0.377 e. The maximum Gasteiger partial charge on any atom is 0.267 e.